The van der Waals surface area contributed by atoms with E-state index in [-0.39, 0.29) is 18.0 Å². The number of hydrogen-bond donors (Lipinski definition) is 3. The minimum atomic E-state index is -1.03. The zero-order valence-electron chi connectivity index (χ0n) is 10.2. The number of carbonyl (C=O) groups is 2. The van der Waals surface area contributed by atoms with E-state index in [1.54, 1.807) is 19.9 Å². The number of carboxylic acids is 1. The Kier molecular flexibility index (Phi) is 4.69. The number of nitrogens with two attached hydrogens (primary N) is 1. The standard InChI is InChI=1S/C12H15IN2O3/c1-12(2,6-14)11(18)15-9-5-7(10(16)17)3-4-8(9)13/h3-5H,6,14H2,1-2H3,(H,15,18)(H,16,17). The van der Waals surface area contributed by atoms with E-state index in [1.165, 1.54) is 12.1 Å². The van der Waals surface area contributed by atoms with Crippen molar-refractivity contribution in [3.63, 3.8) is 0 Å². The normalized spacial score (nSPS) is 11.1. The highest BCUT2D eigenvalue weighted by Crippen LogP contribution is 2.23. The maximum Gasteiger partial charge on any atom is 0.335 e. The average molecular weight is 362 g/mol. The van der Waals surface area contributed by atoms with Gasteiger partial charge in [-0.3, -0.25) is 4.79 Å². The van der Waals surface area contributed by atoms with Crippen molar-refractivity contribution in [2.45, 2.75) is 13.8 Å². The fourth-order valence-corrected chi connectivity index (χ4v) is 1.61. The van der Waals surface area contributed by atoms with Crippen LogP contribution in [-0.4, -0.2) is 23.5 Å². The van der Waals surface area contributed by atoms with E-state index in [1.807, 2.05) is 22.6 Å². The fraction of sp³-hybridized carbons (Fsp3) is 0.333. The van der Waals surface area contributed by atoms with Gasteiger partial charge in [0, 0.05) is 10.1 Å². The van der Waals surface area contributed by atoms with Crippen LogP contribution in [0.2, 0.25) is 0 Å². The fourth-order valence-electron chi connectivity index (χ4n) is 1.14. The van der Waals surface area contributed by atoms with Gasteiger partial charge in [-0.2, -0.15) is 0 Å². The number of benzene rings is 1. The van der Waals surface area contributed by atoms with Crippen LogP contribution in [0.1, 0.15) is 24.2 Å². The second-order valence-electron chi connectivity index (χ2n) is 4.54. The summed E-state index contributed by atoms with van der Waals surface area (Å²) in [5, 5.41) is 11.6. The van der Waals surface area contributed by atoms with Gasteiger partial charge in [0.1, 0.15) is 0 Å². The molecule has 1 aromatic carbocycles. The molecule has 0 aliphatic heterocycles. The zero-order chi connectivity index (χ0) is 13.9. The number of aromatic carboxylic acids is 1. The summed E-state index contributed by atoms with van der Waals surface area (Å²) >= 11 is 2.04. The number of nitrogens with one attached hydrogen (secondary N) is 1. The Hall–Kier alpha value is -1.15. The molecule has 0 heterocycles. The third-order valence-corrected chi connectivity index (χ3v) is 3.53. The monoisotopic (exact) mass is 362 g/mol. The Labute approximate surface area is 119 Å². The van der Waals surface area contributed by atoms with Crippen molar-refractivity contribution in [1.82, 2.24) is 0 Å². The molecule has 1 rings (SSSR count). The third-order valence-electron chi connectivity index (χ3n) is 2.59. The minimum absolute atomic E-state index is 0.135. The SMILES string of the molecule is CC(C)(CN)C(=O)Nc1cc(C(=O)O)ccc1I. The van der Waals surface area contributed by atoms with E-state index >= 15 is 0 Å². The van der Waals surface area contributed by atoms with Crippen LogP contribution >= 0.6 is 22.6 Å². The molecule has 0 saturated heterocycles. The Morgan fingerprint density at radius 3 is 2.56 bits per heavy atom. The van der Waals surface area contributed by atoms with Crippen LogP contribution in [0.15, 0.2) is 18.2 Å². The number of anilines is 1. The highest BCUT2D eigenvalue weighted by molar-refractivity contribution is 14.1. The van der Waals surface area contributed by atoms with Gasteiger partial charge in [0.05, 0.1) is 16.7 Å². The smallest absolute Gasteiger partial charge is 0.335 e. The van der Waals surface area contributed by atoms with Crippen LogP contribution in [0.4, 0.5) is 5.69 Å². The Morgan fingerprint density at radius 1 is 1.44 bits per heavy atom. The summed E-state index contributed by atoms with van der Waals surface area (Å²) in [6.45, 7) is 3.68. The molecule has 0 bridgehead atoms. The maximum absolute atomic E-state index is 12.0. The van der Waals surface area contributed by atoms with Gasteiger partial charge < -0.3 is 16.2 Å². The number of rotatable bonds is 4. The van der Waals surface area contributed by atoms with Crippen molar-refractivity contribution in [3.05, 3.63) is 27.3 Å². The zero-order valence-corrected chi connectivity index (χ0v) is 12.3. The maximum atomic E-state index is 12.0. The number of carbonyl (C=O) groups excluding carboxylic acids is 1. The lowest BCUT2D eigenvalue weighted by Crippen LogP contribution is -2.37. The second-order valence-corrected chi connectivity index (χ2v) is 5.70. The first-order valence-electron chi connectivity index (χ1n) is 5.32. The van der Waals surface area contributed by atoms with Crippen LogP contribution in [0, 0.1) is 8.99 Å². The topological polar surface area (TPSA) is 92.4 Å². The van der Waals surface area contributed by atoms with Gasteiger partial charge in [-0.1, -0.05) is 0 Å². The molecular formula is C12H15IN2O3. The van der Waals surface area contributed by atoms with Crippen LogP contribution in [0.25, 0.3) is 0 Å². The van der Waals surface area contributed by atoms with Gasteiger partial charge >= 0.3 is 5.97 Å². The van der Waals surface area contributed by atoms with Gasteiger partial charge in [-0.25, -0.2) is 4.79 Å². The van der Waals surface area contributed by atoms with Crippen LogP contribution in [0.5, 0.6) is 0 Å². The number of hydrogen-bond acceptors (Lipinski definition) is 3. The molecule has 0 radical (unpaired) electrons. The summed E-state index contributed by atoms with van der Waals surface area (Å²) in [5.74, 6) is -1.26. The molecule has 18 heavy (non-hydrogen) atoms. The van der Waals surface area contributed by atoms with Gasteiger partial charge in [-0.15, -0.1) is 0 Å². The molecule has 0 saturated carbocycles. The molecular weight excluding hydrogens is 347 g/mol. The van der Waals surface area contributed by atoms with E-state index in [0.717, 1.165) is 3.57 Å². The highest BCUT2D eigenvalue weighted by Gasteiger charge is 2.26. The first kappa shape index (κ1) is 14.9. The Bertz CT molecular complexity index is 486. The largest absolute Gasteiger partial charge is 0.478 e. The molecule has 98 valence electrons. The van der Waals surface area contributed by atoms with Crippen molar-refractivity contribution < 1.29 is 14.7 Å². The van der Waals surface area contributed by atoms with Crippen molar-refractivity contribution in [2.75, 3.05) is 11.9 Å². The Balaban J connectivity index is 3.01. The summed E-state index contributed by atoms with van der Waals surface area (Å²) in [6.07, 6.45) is 0. The predicted molar refractivity (Wildman–Crippen MR) is 77.6 cm³/mol. The first-order valence-corrected chi connectivity index (χ1v) is 6.40. The van der Waals surface area contributed by atoms with Crippen LogP contribution < -0.4 is 11.1 Å². The molecule has 0 atom stereocenters. The van der Waals surface area contributed by atoms with Gasteiger partial charge in [0.2, 0.25) is 5.91 Å². The van der Waals surface area contributed by atoms with E-state index in [2.05, 4.69) is 5.32 Å². The molecule has 0 spiro atoms. The van der Waals surface area contributed by atoms with E-state index in [0.29, 0.717) is 5.69 Å². The average Bonchev–Trinajstić information content (AvgIpc) is 2.31. The summed E-state index contributed by atoms with van der Waals surface area (Å²) in [7, 11) is 0. The van der Waals surface area contributed by atoms with Crippen molar-refractivity contribution in [1.29, 1.82) is 0 Å². The minimum Gasteiger partial charge on any atom is -0.478 e. The Morgan fingerprint density at radius 2 is 2.06 bits per heavy atom. The molecule has 6 heteroatoms. The summed E-state index contributed by atoms with van der Waals surface area (Å²) in [4.78, 5) is 22.8. The number of amides is 1. The van der Waals surface area contributed by atoms with Gasteiger partial charge in [0.15, 0.2) is 0 Å². The number of carboxylic acid groups (broad SMARTS) is 1. The second kappa shape index (κ2) is 5.66. The molecule has 0 fully saturated rings. The molecule has 4 N–H and O–H groups in total. The van der Waals surface area contributed by atoms with E-state index < -0.39 is 11.4 Å². The number of halogens is 1. The summed E-state index contributed by atoms with van der Waals surface area (Å²) < 4.78 is 0.777. The first-order chi connectivity index (χ1) is 8.27. The molecule has 5 nitrogen and oxygen atoms in total. The predicted octanol–water partition coefficient (Wildman–Crippen LogP) is 1.91. The summed E-state index contributed by atoms with van der Waals surface area (Å²) in [6, 6.07) is 4.58. The highest BCUT2D eigenvalue weighted by atomic mass is 127. The lowest BCUT2D eigenvalue weighted by molar-refractivity contribution is -0.123. The molecule has 0 unspecified atom stereocenters. The van der Waals surface area contributed by atoms with E-state index in [4.69, 9.17) is 10.8 Å². The molecule has 1 aromatic rings. The van der Waals surface area contributed by atoms with Crippen molar-refractivity contribution in [3.8, 4) is 0 Å². The van der Waals surface area contributed by atoms with Crippen molar-refractivity contribution >= 4 is 40.2 Å². The molecule has 0 aromatic heterocycles. The van der Waals surface area contributed by atoms with E-state index in [9.17, 15) is 9.59 Å². The molecule has 0 aliphatic carbocycles. The molecule has 1 amide bonds. The van der Waals surface area contributed by atoms with Gasteiger partial charge in [0.25, 0.3) is 0 Å². The lowest BCUT2D eigenvalue weighted by atomic mass is 9.92. The third kappa shape index (κ3) is 3.42. The van der Waals surface area contributed by atoms with Gasteiger partial charge in [-0.05, 0) is 54.6 Å². The lowest BCUT2D eigenvalue weighted by Gasteiger charge is -2.21. The van der Waals surface area contributed by atoms with Crippen LogP contribution in [-0.2, 0) is 4.79 Å². The van der Waals surface area contributed by atoms with Crippen molar-refractivity contribution in [2.24, 2.45) is 11.1 Å². The quantitative estimate of drug-likeness (QED) is 0.714. The van der Waals surface area contributed by atoms with Crippen LogP contribution in [0.3, 0.4) is 0 Å². The molecule has 0 aliphatic rings. The summed E-state index contributed by atoms with van der Waals surface area (Å²) in [5.41, 5.74) is 5.45.